The summed E-state index contributed by atoms with van der Waals surface area (Å²) >= 11 is 0. The predicted octanol–water partition coefficient (Wildman–Crippen LogP) is 2.73. The third-order valence-electron chi connectivity index (χ3n) is 4.92. The number of nitrogens with one attached hydrogen (secondary N) is 1. The molecule has 2 unspecified atom stereocenters. The molecular weight excluding hydrogens is 306 g/mol. The minimum Gasteiger partial charge on any atom is -0.496 e. The van der Waals surface area contributed by atoms with E-state index in [1.165, 1.54) is 0 Å². The lowest BCUT2D eigenvalue weighted by Gasteiger charge is -2.51. The Morgan fingerprint density at radius 1 is 1.46 bits per heavy atom. The fourth-order valence-corrected chi connectivity index (χ4v) is 3.58. The number of benzene rings is 1. The lowest BCUT2D eigenvalue weighted by molar-refractivity contribution is -0.0938. The maximum atomic E-state index is 12.5. The molecule has 2 aliphatic heterocycles. The van der Waals surface area contributed by atoms with Gasteiger partial charge in [-0.2, -0.15) is 0 Å². The Morgan fingerprint density at radius 3 is 3.00 bits per heavy atom. The van der Waals surface area contributed by atoms with Crippen molar-refractivity contribution in [1.29, 1.82) is 0 Å². The zero-order valence-electron chi connectivity index (χ0n) is 13.9. The Morgan fingerprint density at radius 2 is 2.29 bits per heavy atom. The number of pyridine rings is 1. The first-order chi connectivity index (χ1) is 11.5. The van der Waals surface area contributed by atoms with Gasteiger partial charge in [0.05, 0.1) is 13.2 Å². The molecule has 6 heteroatoms. The second kappa shape index (κ2) is 5.12. The first-order valence-electron chi connectivity index (χ1n) is 7.87. The van der Waals surface area contributed by atoms with Gasteiger partial charge in [-0.15, -0.1) is 0 Å². The van der Waals surface area contributed by atoms with Crippen molar-refractivity contribution in [2.45, 2.75) is 25.1 Å². The van der Waals surface area contributed by atoms with Crippen molar-refractivity contribution in [2.24, 2.45) is 0 Å². The van der Waals surface area contributed by atoms with Crippen molar-refractivity contribution in [3.05, 3.63) is 53.3 Å². The SMILES string of the molecule is COc1cc2c(cc1C)OC1(c3cccnc3)CC2NC(=O)N1C. The van der Waals surface area contributed by atoms with Crippen LogP contribution in [0.25, 0.3) is 0 Å². The summed E-state index contributed by atoms with van der Waals surface area (Å²) in [5.74, 6) is 1.56. The molecule has 1 fully saturated rings. The number of hydrogen-bond acceptors (Lipinski definition) is 4. The molecule has 6 nitrogen and oxygen atoms in total. The van der Waals surface area contributed by atoms with Crippen molar-refractivity contribution in [3.8, 4) is 11.5 Å². The van der Waals surface area contributed by atoms with Crippen LogP contribution in [0.2, 0.25) is 0 Å². The molecular formula is C18H19N3O3. The van der Waals surface area contributed by atoms with E-state index in [0.717, 1.165) is 28.2 Å². The van der Waals surface area contributed by atoms with Gasteiger partial charge >= 0.3 is 6.03 Å². The van der Waals surface area contributed by atoms with Crippen LogP contribution in [-0.4, -0.2) is 30.1 Å². The molecule has 2 aliphatic rings. The second-order valence-electron chi connectivity index (χ2n) is 6.25. The van der Waals surface area contributed by atoms with E-state index in [2.05, 4.69) is 10.3 Å². The standard InChI is InChI=1S/C18H19N3O3/c1-11-7-16-13(8-15(11)23-3)14-9-18(24-16,21(2)17(22)20-14)12-5-4-6-19-10-12/h4-8,10,14H,9H2,1-3H3,(H,20,22). The molecule has 1 aromatic heterocycles. The molecule has 1 N–H and O–H groups in total. The lowest BCUT2D eigenvalue weighted by Crippen LogP contribution is -2.62. The Hall–Kier alpha value is -2.76. The Labute approximate surface area is 140 Å². The molecule has 0 aliphatic carbocycles. The van der Waals surface area contributed by atoms with Gasteiger partial charge in [0.2, 0.25) is 5.72 Å². The zero-order valence-corrected chi connectivity index (χ0v) is 13.9. The fourth-order valence-electron chi connectivity index (χ4n) is 3.58. The van der Waals surface area contributed by atoms with Crippen LogP contribution in [0.5, 0.6) is 11.5 Å². The van der Waals surface area contributed by atoms with Crippen LogP contribution in [0.1, 0.15) is 29.2 Å². The minimum absolute atomic E-state index is 0.132. The average molecular weight is 325 g/mol. The molecule has 0 spiro atoms. The molecule has 2 atom stereocenters. The van der Waals surface area contributed by atoms with Crippen LogP contribution in [0.4, 0.5) is 4.79 Å². The number of aryl methyl sites for hydroxylation is 1. The van der Waals surface area contributed by atoms with Crippen molar-refractivity contribution < 1.29 is 14.3 Å². The lowest BCUT2D eigenvalue weighted by atomic mass is 9.85. The molecule has 0 saturated carbocycles. The Kier molecular flexibility index (Phi) is 3.16. The van der Waals surface area contributed by atoms with Crippen LogP contribution >= 0.6 is 0 Å². The molecule has 24 heavy (non-hydrogen) atoms. The summed E-state index contributed by atoms with van der Waals surface area (Å²) in [4.78, 5) is 18.3. The van der Waals surface area contributed by atoms with E-state index in [1.807, 2.05) is 31.2 Å². The van der Waals surface area contributed by atoms with E-state index in [9.17, 15) is 4.79 Å². The van der Waals surface area contributed by atoms with Crippen LogP contribution < -0.4 is 14.8 Å². The molecule has 2 aromatic rings. The molecule has 2 bridgehead atoms. The number of carbonyl (C=O) groups is 1. The number of rotatable bonds is 2. The molecule has 1 aromatic carbocycles. The van der Waals surface area contributed by atoms with Gasteiger partial charge < -0.3 is 14.8 Å². The maximum Gasteiger partial charge on any atom is 0.321 e. The van der Waals surface area contributed by atoms with Crippen molar-refractivity contribution in [2.75, 3.05) is 14.2 Å². The van der Waals surface area contributed by atoms with E-state index >= 15 is 0 Å². The van der Waals surface area contributed by atoms with E-state index in [-0.39, 0.29) is 12.1 Å². The third-order valence-corrected chi connectivity index (χ3v) is 4.92. The van der Waals surface area contributed by atoms with Gasteiger partial charge in [0, 0.05) is 37.0 Å². The first-order valence-corrected chi connectivity index (χ1v) is 7.87. The Bertz CT molecular complexity index is 809. The molecule has 2 amide bonds. The summed E-state index contributed by atoms with van der Waals surface area (Å²) in [7, 11) is 3.39. The van der Waals surface area contributed by atoms with E-state index in [4.69, 9.17) is 9.47 Å². The summed E-state index contributed by atoms with van der Waals surface area (Å²) in [6.07, 6.45) is 4.08. The summed E-state index contributed by atoms with van der Waals surface area (Å²) in [6.45, 7) is 1.98. The summed E-state index contributed by atoms with van der Waals surface area (Å²) in [5, 5.41) is 3.05. The molecule has 124 valence electrons. The highest BCUT2D eigenvalue weighted by Crippen LogP contribution is 2.49. The molecule has 1 saturated heterocycles. The highest BCUT2D eigenvalue weighted by molar-refractivity contribution is 5.77. The van der Waals surface area contributed by atoms with Gasteiger partial charge in [-0.1, -0.05) is 0 Å². The largest absolute Gasteiger partial charge is 0.496 e. The van der Waals surface area contributed by atoms with Crippen LogP contribution in [0.15, 0.2) is 36.7 Å². The van der Waals surface area contributed by atoms with Crippen molar-refractivity contribution >= 4 is 6.03 Å². The number of fused-ring (bicyclic) bond motifs is 4. The number of methoxy groups -OCH3 is 1. The number of hydrogen-bond donors (Lipinski definition) is 1. The summed E-state index contributed by atoms with van der Waals surface area (Å²) < 4.78 is 11.8. The maximum absolute atomic E-state index is 12.5. The van der Waals surface area contributed by atoms with E-state index in [1.54, 1.807) is 31.5 Å². The zero-order chi connectivity index (χ0) is 16.9. The molecule has 0 radical (unpaired) electrons. The van der Waals surface area contributed by atoms with Crippen molar-refractivity contribution in [1.82, 2.24) is 15.2 Å². The van der Waals surface area contributed by atoms with Crippen LogP contribution in [0.3, 0.4) is 0 Å². The minimum atomic E-state index is -0.852. The second-order valence-corrected chi connectivity index (χ2v) is 6.25. The van der Waals surface area contributed by atoms with Crippen molar-refractivity contribution in [3.63, 3.8) is 0 Å². The first kappa shape index (κ1) is 14.8. The highest BCUT2D eigenvalue weighted by atomic mass is 16.5. The normalized spacial score (nSPS) is 24.7. The predicted molar refractivity (Wildman–Crippen MR) is 87.9 cm³/mol. The van der Waals surface area contributed by atoms with Crippen LogP contribution in [0, 0.1) is 6.92 Å². The quantitative estimate of drug-likeness (QED) is 0.922. The number of aromatic nitrogens is 1. The van der Waals surface area contributed by atoms with Crippen LogP contribution in [-0.2, 0) is 5.72 Å². The fraction of sp³-hybridized carbons (Fsp3) is 0.333. The number of ether oxygens (including phenoxy) is 2. The summed E-state index contributed by atoms with van der Waals surface area (Å²) in [5.41, 5.74) is 1.95. The highest BCUT2D eigenvalue weighted by Gasteiger charge is 2.52. The Balaban J connectivity index is 1.90. The number of urea groups is 1. The van der Waals surface area contributed by atoms with E-state index < -0.39 is 5.72 Å². The number of carbonyl (C=O) groups excluding carboxylic acids is 1. The average Bonchev–Trinajstić information content (AvgIpc) is 2.60. The van der Waals surface area contributed by atoms with Gasteiger partial charge in [-0.3, -0.25) is 9.88 Å². The van der Waals surface area contributed by atoms with Gasteiger partial charge in [0.15, 0.2) is 0 Å². The van der Waals surface area contributed by atoms with Gasteiger partial charge in [0.25, 0.3) is 0 Å². The van der Waals surface area contributed by atoms with E-state index in [0.29, 0.717) is 6.42 Å². The third kappa shape index (κ3) is 1.95. The monoisotopic (exact) mass is 325 g/mol. The van der Waals surface area contributed by atoms with Gasteiger partial charge in [0.1, 0.15) is 11.5 Å². The number of amides is 2. The summed E-state index contributed by atoms with van der Waals surface area (Å²) in [6, 6.07) is 7.43. The topological polar surface area (TPSA) is 63.7 Å². The number of nitrogens with zero attached hydrogens (tertiary/aromatic N) is 2. The molecule has 4 rings (SSSR count). The molecule has 3 heterocycles. The van der Waals surface area contributed by atoms with Gasteiger partial charge in [-0.25, -0.2) is 4.79 Å². The smallest absolute Gasteiger partial charge is 0.321 e. The van der Waals surface area contributed by atoms with Gasteiger partial charge in [-0.05, 0) is 36.8 Å².